The molecule has 8 nitrogen and oxygen atoms in total. The maximum Gasteiger partial charge on any atom is 0.237 e. The molecule has 33 heavy (non-hydrogen) atoms. The highest BCUT2D eigenvalue weighted by Gasteiger charge is 2.24. The zero-order chi connectivity index (χ0) is 24.1. The monoisotopic (exact) mass is 489 g/mol. The molecule has 1 aromatic heterocycles. The molecule has 0 unspecified atom stereocenters. The summed E-state index contributed by atoms with van der Waals surface area (Å²) < 4.78 is 12.5. The number of methoxy groups -OCH3 is 2. The molecule has 10 heteroatoms. The van der Waals surface area contributed by atoms with Crippen molar-refractivity contribution < 1.29 is 14.3 Å². The summed E-state index contributed by atoms with van der Waals surface area (Å²) in [6.45, 7) is 3.88. The molecule has 2 atom stereocenters. The summed E-state index contributed by atoms with van der Waals surface area (Å²) in [5.74, 6) is 1.78. The second-order valence-electron chi connectivity index (χ2n) is 7.64. The molecular weight excluding hydrogens is 462 g/mol. The van der Waals surface area contributed by atoms with E-state index in [2.05, 4.69) is 27.3 Å². The molecule has 0 spiro atoms. The van der Waals surface area contributed by atoms with Crippen LogP contribution < -0.4 is 14.8 Å². The van der Waals surface area contributed by atoms with Crippen LogP contribution in [0.3, 0.4) is 0 Å². The van der Waals surface area contributed by atoms with Crippen LogP contribution >= 0.6 is 23.4 Å². The van der Waals surface area contributed by atoms with Crippen LogP contribution in [0.2, 0.25) is 5.02 Å². The predicted molar refractivity (Wildman–Crippen MR) is 132 cm³/mol. The second kappa shape index (κ2) is 10.9. The summed E-state index contributed by atoms with van der Waals surface area (Å²) in [5.41, 5.74) is 1.46. The fraction of sp³-hybridized carbons (Fsp3) is 0.348. The first kappa shape index (κ1) is 24.9. The molecule has 176 valence electrons. The SMILES string of the molecule is COc1cc(NC(=O)[C@H](C)Sc2nnc([C@@H](C)N(C)C)n2-c2ccc(Cl)cc2)cc(OC)c1. The molecule has 2 aromatic carbocycles. The Morgan fingerprint density at radius 1 is 1.06 bits per heavy atom. The van der Waals surface area contributed by atoms with Crippen LogP contribution in [0.15, 0.2) is 47.6 Å². The van der Waals surface area contributed by atoms with Crippen LogP contribution in [0.5, 0.6) is 11.5 Å². The van der Waals surface area contributed by atoms with Gasteiger partial charge in [-0.1, -0.05) is 23.4 Å². The molecule has 0 bridgehead atoms. The van der Waals surface area contributed by atoms with Gasteiger partial charge in [0.2, 0.25) is 5.91 Å². The Morgan fingerprint density at radius 2 is 1.67 bits per heavy atom. The van der Waals surface area contributed by atoms with Gasteiger partial charge in [-0.3, -0.25) is 14.3 Å². The fourth-order valence-electron chi connectivity index (χ4n) is 3.03. The largest absolute Gasteiger partial charge is 0.497 e. The number of carbonyl (C=O) groups is 1. The number of carbonyl (C=O) groups excluding carboxylic acids is 1. The Kier molecular flexibility index (Phi) is 8.23. The van der Waals surface area contributed by atoms with Gasteiger partial charge in [0.15, 0.2) is 11.0 Å². The van der Waals surface area contributed by atoms with Gasteiger partial charge in [-0.05, 0) is 52.2 Å². The highest BCUT2D eigenvalue weighted by atomic mass is 35.5. The van der Waals surface area contributed by atoms with E-state index in [1.807, 2.05) is 49.9 Å². The quantitative estimate of drug-likeness (QED) is 0.437. The molecule has 0 saturated heterocycles. The highest BCUT2D eigenvalue weighted by Crippen LogP contribution is 2.31. The van der Waals surface area contributed by atoms with Crippen LogP contribution in [0, 0.1) is 0 Å². The van der Waals surface area contributed by atoms with E-state index < -0.39 is 5.25 Å². The molecule has 0 aliphatic rings. The lowest BCUT2D eigenvalue weighted by Crippen LogP contribution is -2.23. The number of rotatable bonds is 9. The summed E-state index contributed by atoms with van der Waals surface area (Å²) in [4.78, 5) is 15.0. The Labute approximate surface area is 203 Å². The van der Waals surface area contributed by atoms with E-state index in [1.54, 1.807) is 32.4 Å². The summed E-state index contributed by atoms with van der Waals surface area (Å²) in [6, 6.07) is 12.7. The maximum atomic E-state index is 13.0. The van der Waals surface area contributed by atoms with Crippen LogP contribution in [-0.2, 0) is 4.79 Å². The number of nitrogens with one attached hydrogen (secondary N) is 1. The molecule has 3 rings (SSSR count). The summed E-state index contributed by atoms with van der Waals surface area (Å²) in [6.07, 6.45) is 0. The Bertz CT molecular complexity index is 1080. The molecule has 0 radical (unpaired) electrons. The van der Waals surface area contributed by atoms with Crippen molar-refractivity contribution in [2.24, 2.45) is 0 Å². The molecule has 0 aliphatic carbocycles. The maximum absolute atomic E-state index is 13.0. The minimum Gasteiger partial charge on any atom is -0.497 e. The number of benzene rings is 2. The van der Waals surface area contributed by atoms with E-state index in [4.69, 9.17) is 21.1 Å². The van der Waals surface area contributed by atoms with Crippen molar-refractivity contribution in [2.45, 2.75) is 30.3 Å². The summed E-state index contributed by atoms with van der Waals surface area (Å²) in [7, 11) is 7.09. The molecular formula is C23H28ClN5O3S. The van der Waals surface area contributed by atoms with Gasteiger partial charge in [-0.25, -0.2) is 0 Å². The van der Waals surface area contributed by atoms with Crippen LogP contribution in [0.1, 0.15) is 25.7 Å². The molecule has 1 N–H and O–H groups in total. The number of amides is 1. The summed E-state index contributed by atoms with van der Waals surface area (Å²) in [5, 5.41) is 12.6. The molecule has 3 aromatic rings. The van der Waals surface area contributed by atoms with E-state index in [-0.39, 0.29) is 11.9 Å². The van der Waals surface area contributed by atoms with Crippen molar-refractivity contribution in [3.63, 3.8) is 0 Å². The van der Waals surface area contributed by atoms with Gasteiger partial charge >= 0.3 is 0 Å². The molecule has 0 saturated carbocycles. The van der Waals surface area contributed by atoms with Gasteiger partial charge in [0.25, 0.3) is 0 Å². The van der Waals surface area contributed by atoms with E-state index in [0.717, 1.165) is 11.5 Å². The minimum absolute atomic E-state index is 0.0101. The van der Waals surface area contributed by atoms with Crippen molar-refractivity contribution in [1.82, 2.24) is 19.7 Å². The number of hydrogen-bond acceptors (Lipinski definition) is 7. The van der Waals surface area contributed by atoms with E-state index >= 15 is 0 Å². The zero-order valence-electron chi connectivity index (χ0n) is 19.5. The van der Waals surface area contributed by atoms with E-state index in [9.17, 15) is 4.79 Å². The van der Waals surface area contributed by atoms with E-state index in [0.29, 0.717) is 27.4 Å². The molecule has 0 aliphatic heterocycles. The van der Waals surface area contributed by atoms with Crippen molar-refractivity contribution in [2.75, 3.05) is 33.6 Å². The third kappa shape index (κ3) is 5.98. The number of hydrogen-bond donors (Lipinski definition) is 1. The Hall–Kier alpha value is -2.75. The second-order valence-corrected chi connectivity index (χ2v) is 9.39. The number of thioether (sulfide) groups is 1. The molecule has 1 amide bonds. The first-order chi connectivity index (χ1) is 15.7. The third-order valence-electron chi connectivity index (χ3n) is 5.16. The lowest BCUT2D eigenvalue weighted by molar-refractivity contribution is -0.115. The first-order valence-corrected chi connectivity index (χ1v) is 11.6. The third-order valence-corrected chi connectivity index (χ3v) is 6.46. The number of nitrogens with zero attached hydrogens (tertiary/aromatic N) is 4. The van der Waals surface area contributed by atoms with Crippen LogP contribution in [0.25, 0.3) is 5.69 Å². The highest BCUT2D eigenvalue weighted by molar-refractivity contribution is 8.00. The van der Waals surface area contributed by atoms with Gasteiger partial charge in [0.1, 0.15) is 11.5 Å². The van der Waals surface area contributed by atoms with Crippen molar-refractivity contribution in [3.05, 3.63) is 53.3 Å². The topological polar surface area (TPSA) is 81.5 Å². The Morgan fingerprint density at radius 3 is 2.21 bits per heavy atom. The first-order valence-electron chi connectivity index (χ1n) is 10.3. The average Bonchev–Trinajstić information content (AvgIpc) is 3.21. The normalized spacial score (nSPS) is 13.0. The number of ether oxygens (including phenoxy) is 2. The lowest BCUT2D eigenvalue weighted by atomic mass is 10.2. The predicted octanol–water partition coefficient (Wildman–Crippen LogP) is 4.68. The van der Waals surface area contributed by atoms with Gasteiger partial charge in [-0.15, -0.1) is 10.2 Å². The smallest absolute Gasteiger partial charge is 0.237 e. The number of anilines is 1. The van der Waals surface area contributed by atoms with Gasteiger partial charge in [0, 0.05) is 34.6 Å². The average molecular weight is 490 g/mol. The van der Waals surface area contributed by atoms with Gasteiger partial charge in [0.05, 0.1) is 25.5 Å². The summed E-state index contributed by atoms with van der Waals surface area (Å²) >= 11 is 7.42. The number of halogens is 1. The zero-order valence-corrected chi connectivity index (χ0v) is 21.1. The van der Waals surface area contributed by atoms with Crippen LogP contribution in [-0.4, -0.2) is 59.1 Å². The standard InChI is InChI=1S/C23H28ClN5O3S/c1-14(28(3)4)21-26-27-23(29(21)18-9-7-16(24)8-10-18)33-15(2)22(30)25-17-11-19(31-5)13-20(12-17)32-6/h7-15H,1-6H3,(H,25,30)/t14-,15+/m1/s1. The van der Waals surface area contributed by atoms with Crippen molar-refractivity contribution in [1.29, 1.82) is 0 Å². The van der Waals surface area contributed by atoms with Gasteiger partial charge in [-0.2, -0.15) is 0 Å². The minimum atomic E-state index is -0.444. The Balaban J connectivity index is 1.86. The van der Waals surface area contributed by atoms with Crippen LogP contribution in [0.4, 0.5) is 5.69 Å². The van der Waals surface area contributed by atoms with Crippen molar-refractivity contribution in [3.8, 4) is 17.2 Å². The fourth-order valence-corrected chi connectivity index (χ4v) is 4.03. The van der Waals surface area contributed by atoms with Gasteiger partial charge < -0.3 is 14.8 Å². The van der Waals surface area contributed by atoms with E-state index in [1.165, 1.54) is 11.8 Å². The lowest BCUT2D eigenvalue weighted by Gasteiger charge is -2.21. The molecule has 1 heterocycles. The van der Waals surface area contributed by atoms with Crippen molar-refractivity contribution >= 4 is 35.0 Å². The molecule has 0 fully saturated rings. The number of aromatic nitrogens is 3.